The third kappa shape index (κ3) is 2.05. The zero-order valence-electron chi connectivity index (χ0n) is 7.09. The summed E-state index contributed by atoms with van der Waals surface area (Å²) in [6, 6.07) is 0. The molecule has 0 aliphatic rings. The Labute approximate surface area is 82.5 Å². The van der Waals surface area contributed by atoms with Gasteiger partial charge in [0.25, 0.3) is 0 Å². The van der Waals surface area contributed by atoms with Gasteiger partial charge in [-0.2, -0.15) is 39.5 Å². The first-order valence-corrected chi connectivity index (χ1v) is 3.30. The van der Waals surface area contributed by atoms with Crippen molar-refractivity contribution in [3.05, 3.63) is 12.8 Å². The molecule has 0 amide bonds. The molecule has 0 saturated heterocycles. The van der Waals surface area contributed by atoms with Gasteiger partial charge in [0.1, 0.15) is 0 Å². The van der Waals surface area contributed by atoms with Crippen molar-refractivity contribution >= 4 is 0 Å². The molecule has 0 heterocycles. The van der Waals surface area contributed by atoms with Crippen LogP contribution >= 0.6 is 0 Å². The SMILES string of the molecule is C=COC(F)(C(F)(F)F)C(F)(F)C(F)(F)F. The molecular formula is C6H3F9O. The summed E-state index contributed by atoms with van der Waals surface area (Å²) in [7, 11) is 0. The van der Waals surface area contributed by atoms with Gasteiger partial charge < -0.3 is 4.74 Å². The minimum Gasteiger partial charge on any atom is -0.454 e. The van der Waals surface area contributed by atoms with Gasteiger partial charge >= 0.3 is 24.1 Å². The second-order valence-electron chi connectivity index (χ2n) is 2.45. The minimum atomic E-state index is -6.76. The van der Waals surface area contributed by atoms with Crippen LogP contribution in [-0.2, 0) is 4.74 Å². The van der Waals surface area contributed by atoms with Crippen molar-refractivity contribution in [1.29, 1.82) is 0 Å². The van der Waals surface area contributed by atoms with Crippen molar-refractivity contribution in [3.63, 3.8) is 0 Å². The Morgan fingerprint density at radius 1 is 0.750 bits per heavy atom. The van der Waals surface area contributed by atoms with Crippen LogP contribution in [0.4, 0.5) is 39.5 Å². The van der Waals surface area contributed by atoms with Crippen LogP contribution in [0.3, 0.4) is 0 Å². The second-order valence-corrected chi connectivity index (χ2v) is 2.45. The van der Waals surface area contributed by atoms with Gasteiger partial charge in [-0.15, -0.1) is 0 Å². The molecule has 0 radical (unpaired) electrons. The fourth-order valence-electron chi connectivity index (χ4n) is 0.616. The molecule has 0 aromatic heterocycles. The predicted molar refractivity (Wildman–Crippen MR) is 32.2 cm³/mol. The lowest BCUT2D eigenvalue weighted by atomic mass is 10.1. The van der Waals surface area contributed by atoms with E-state index in [0.717, 1.165) is 0 Å². The van der Waals surface area contributed by atoms with Crippen molar-refractivity contribution in [2.75, 3.05) is 0 Å². The lowest BCUT2D eigenvalue weighted by Gasteiger charge is -2.34. The zero-order valence-corrected chi connectivity index (χ0v) is 7.09. The van der Waals surface area contributed by atoms with Crippen molar-refractivity contribution in [3.8, 4) is 0 Å². The maximum Gasteiger partial charge on any atom is 0.467 e. The molecule has 0 aromatic carbocycles. The molecule has 0 N–H and O–H groups in total. The third-order valence-corrected chi connectivity index (χ3v) is 1.37. The Morgan fingerprint density at radius 3 is 1.31 bits per heavy atom. The molecule has 0 bridgehead atoms. The Balaban J connectivity index is 5.63. The van der Waals surface area contributed by atoms with E-state index in [2.05, 4.69) is 11.3 Å². The lowest BCUT2D eigenvalue weighted by Crippen LogP contribution is -2.62. The van der Waals surface area contributed by atoms with Crippen LogP contribution in [0.1, 0.15) is 0 Å². The van der Waals surface area contributed by atoms with Crippen LogP contribution in [0.2, 0.25) is 0 Å². The standard InChI is InChI=1S/C6H3F9O/c1-2-16-4(9,6(13,14)15)3(7,8)5(10,11)12/h2H,1H2. The molecule has 1 nitrogen and oxygen atoms in total. The molecule has 0 rings (SSSR count). The van der Waals surface area contributed by atoms with Crippen LogP contribution in [-0.4, -0.2) is 24.1 Å². The predicted octanol–water partition coefficient (Wildman–Crippen LogP) is 3.57. The van der Waals surface area contributed by atoms with Crippen molar-refractivity contribution in [2.24, 2.45) is 0 Å². The number of hydrogen-bond acceptors (Lipinski definition) is 1. The van der Waals surface area contributed by atoms with Crippen LogP contribution in [0, 0.1) is 0 Å². The number of ether oxygens (including phenoxy) is 1. The topological polar surface area (TPSA) is 9.23 Å². The molecular weight excluding hydrogens is 259 g/mol. The summed E-state index contributed by atoms with van der Waals surface area (Å²) in [5, 5.41) is 0. The normalized spacial score (nSPS) is 17.8. The molecule has 10 heteroatoms. The highest BCUT2D eigenvalue weighted by atomic mass is 19.4. The van der Waals surface area contributed by atoms with Crippen LogP contribution in [0.25, 0.3) is 0 Å². The fourth-order valence-corrected chi connectivity index (χ4v) is 0.616. The van der Waals surface area contributed by atoms with Gasteiger partial charge in [-0.1, -0.05) is 6.58 Å². The molecule has 0 spiro atoms. The number of rotatable bonds is 3. The fraction of sp³-hybridized carbons (Fsp3) is 0.667. The van der Waals surface area contributed by atoms with E-state index in [1.54, 1.807) is 0 Å². The van der Waals surface area contributed by atoms with Crippen molar-refractivity contribution < 1.29 is 44.3 Å². The molecule has 96 valence electrons. The Kier molecular flexibility index (Phi) is 3.48. The molecule has 1 unspecified atom stereocenters. The molecule has 0 saturated carbocycles. The summed E-state index contributed by atoms with van der Waals surface area (Å²) in [5.74, 6) is -13.0. The summed E-state index contributed by atoms with van der Waals surface area (Å²) in [5.41, 5.74) is 0. The van der Waals surface area contributed by atoms with E-state index in [0.29, 0.717) is 0 Å². The first-order chi connectivity index (χ1) is 6.81. The highest BCUT2D eigenvalue weighted by molar-refractivity contribution is 4.98. The van der Waals surface area contributed by atoms with Gasteiger partial charge in [0, 0.05) is 0 Å². The smallest absolute Gasteiger partial charge is 0.454 e. The van der Waals surface area contributed by atoms with Gasteiger partial charge in [-0.3, -0.25) is 0 Å². The van der Waals surface area contributed by atoms with Gasteiger partial charge in [-0.25, -0.2) is 0 Å². The maximum atomic E-state index is 12.7. The summed E-state index contributed by atoms with van der Waals surface area (Å²) >= 11 is 0. The van der Waals surface area contributed by atoms with E-state index >= 15 is 0 Å². The average molecular weight is 262 g/mol. The molecule has 0 aliphatic heterocycles. The summed E-state index contributed by atoms with van der Waals surface area (Å²) in [6.45, 7) is 2.29. The third-order valence-electron chi connectivity index (χ3n) is 1.37. The minimum absolute atomic E-state index is 0.493. The Hall–Kier alpha value is -1.09. The van der Waals surface area contributed by atoms with Gasteiger partial charge in [-0.05, 0) is 0 Å². The lowest BCUT2D eigenvalue weighted by molar-refractivity contribution is -0.441. The summed E-state index contributed by atoms with van der Waals surface area (Å²) in [6.07, 6.45) is -13.8. The highest BCUT2D eigenvalue weighted by Crippen LogP contribution is 2.53. The van der Waals surface area contributed by atoms with E-state index < -0.39 is 30.4 Å². The maximum absolute atomic E-state index is 12.7. The molecule has 0 aromatic rings. The van der Waals surface area contributed by atoms with Gasteiger partial charge in [0.05, 0.1) is 6.26 Å². The van der Waals surface area contributed by atoms with Crippen LogP contribution in [0.15, 0.2) is 12.8 Å². The summed E-state index contributed by atoms with van der Waals surface area (Å²) in [4.78, 5) is 0. The number of halogens is 9. The second kappa shape index (κ2) is 3.74. The van der Waals surface area contributed by atoms with E-state index in [-0.39, 0.29) is 0 Å². The van der Waals surface area contributed by atoms with Crippen molar-refractivity contribution in [1.82, 2.24) is 0 Å². The van der Waals surface area contributed by atoms with E-state index in [1.807, 2.05) is 0 Å². The highest BCUT2D eigenvalue weighted by Gasteiger charge is 2.83. The average Bonchev–Trinajstić information content (AvgIpc) is 1.99. The van der Waals surface area contributed by atoms with Gasteiger partial charge in [0.2, 0.25) is 0 Å². The Bertz CT molecular complexity index is 264. The van der Waals surface area contributed by atoms with Crippen LogP contribution in [0.5, 0.6) is 0 Å². The first kappa shape index (κ1) is 14.9. The Morgan fingerprint density at radius 2 is 1.12 bits per heavy atom. The summed E-state index contributed by atoms with van der Waals surface area (Å²) < 4.78 is 110. The molecule has 0 aliphatic carbocycles. The number of hydrogen-bond donors (Lipinski definition) is 0. The monoisotopic (exact) mass is 262 g/mol. The largest absolute Gasteiger partial charge is 0.467 e. The number of alkyl halides is 9. The zero-order chi connectivity index (χ0) is 13.4. The van der Waals surface area contributed by atoms with E-state index in [4.69, 9.17) is 0 Å². The molecule has 0 fully saturated rings. The van der Waals surface area contributed by atoms with Crippen molar-refractivity contribution in [2.45, 2.75) is 24.1 Å². The van der Waals surface area contributed by atoms with E-state index in [9.17, 15) is 39.5 Å². The first-order valence-electron chi connectivity index (χ1n) is 3.30. The molecule has 16 heavy (non-hydrogen) atoms. The molecule has 1 atom stereocenters. The quantitative estimate of drug-likeness (QED) is 0.558. The van der Waals surface area contributed by atoms with Gasteiger partial charge in [0.15, 0.2) is 0 Å². The van der Waals surface area contributed by atoms with E-state index in [1.165, 1.54) is 0 Å². The van der Waals surface area contributed by atoms with Crippen LogP contribution < -0.4 is 0 Å².